The molecule has 2 aliphatic heterocycles. The van der Waals surface area contributed by atoms with Crippen LogP contribution in [0.15, 0.2) is 35.9 Å². The van der Waals surface area contributed by atoms with E-state index < -0.39 is 34.6 Å². The largest absolute Gasteiger partial charge is 0.396 e. The number of aliphatic hydroxyl groups is 2. The van der Waals surface area contributed by atoms with Gasteiger partial charge in [-0.25, -0.2) is 0 Å². The van der Waals surface area contributed by atoms with E-state index in [1.165, 1.54) is 16.6 Å². The zero-order valence-electron chi connectivity index (χ0n) is 24.9. The summed E-state index contributed by atoms with van der Waals surface area (Å²) in [4.78, 5) is 17.3. The minimum Gasteiger partial charge on any atom is -0.396 e. The third-order valence-electron chi connectivity index (χ3n) is 11.9. The number of aromatic amines is 1. The molecule has 1 unspecified atom stereocenters. The first-order valence-electron chi connectivity index (χ1n) is 15.7. The Bertz CT molecular complexity index is 1410. The summed E-state index contributed by atoms with van der Waals surface area (Å²) in [5, 5.41) is 23.7. The quantitative estimate of drug-likeness (QED) is 0.379. The van der Waals surface area contributed by atoms with Crippen molar-refractivity contribution >= 4 is 16.7 Å². The molecule has 5 aliphatic rings. The number of carbonyl (C=O) groups excluding carboxylic acids is 1. The summed E-state index contributed by atoms with van der Waals surface area (Å²) in [6, 6.07) is 8.50. The molecule has 1 aromatic heterocycles. The molecule has 7 nitrogen and oxygen atoms in total. The minimum absolute atomic E-state index is 0.136. The van der Waals surface area contributed by atoms with Crippen molar-refractivity contribution in [2.75, 3.05) is 13.2 Å². The number of para-hydroxylation sites is 1. The third kappa shape index (κ3) is 3.53. The van der Waals surface area contributed by atoms with Gasteiger partial charge in [0, 0.05) is 52.6 Å². The number of aliphatic hydroxyl groups excluding tert-OH is 1. The van der Waals surface area contributed by atoms with Gasteiger partial charge in [0.25, 0.3) is 0 Å². The molecule has 2 aromatic rings. The van der Waals surface area contributed by atoms with Crippen molar-refractivity contribution in [3.8, 4) is 0 Å². The standard InChI is InChI=1S/C34H45NO6/c1-30(2)29-25(37)20-26-33(40-29,41-30)15-14-31(3)32(4)21(18-23-22-12-8-9-13-24(22)35-28(23)32)19-27(34(26,31)38)39-17-11-7-5-6-10-16-36/h8-9,12-13,20-21,27,29,35-36,38H,5-7,10-11,14-19H2,1-4H3/t21-,27+,29+,31-,32-,33?,34+/m1/s1. The second-order valence-corrected chi connectivity index (χ2v) is 14.2. The summed E-state index contributed by atoms with van der Waals surface area (Å²) in [7, 11) is 0. The van der Waals surface area contributed by atoms with Crippen LogP contribution in [0.1, 0.15) is 90.3 Å². The number of rotatable bonds is 8. The molecule has 3 heterocycles. The molecule has 41 heavy (non-hydrogen) atoms. The van der Waals surface area contributed by atoms with Crippen LogP contribution in [0.2, 0.25) is 0 Å². The highest BCUT2D eigenvalue weighted by Crippen LogP contribution is 2.72. The van der Waals surface area contributed by atoms with Crippen molar-refractivity contribution in [2.24, 2.45) is 11.3 Å². The second-order valence-electron chi connectivity index (χ2n) is 14.2. The fraction of sp³-hybridized carbons (Fsp3) is 0.676. The summed E-state index contributed by atoms with van der Waals surface area (Å²) in [5.41, 5.74) is 1.04. The number of ether oxygens (including phenoxy) is 3. The monoisotopic (exact) mass is 563 g/mol. The van der Waals surface area contributed by atoms with E-state index in [9.17, 15) is 9.90 Å². The van der Waals surface area contributed by atoms with E-state index in [1.807, 2.05) is 13.8 Å². The Hall–Kier alpha value is -2.03. The normalized spacial score (nSPS) is 40.2. The zero-order chi connectivity index (χ0) is 28.8. The topological polar surface area (TPSA) is 101 Å². The van der Waals surface area contributed by atoms with Crippen LogP contribution < -0.4 is 0 Å². The van der Waals surface area contributed by atoms with E-state index in [0.29, 0.717) is 31.4 Å². The van der Waals surface area contributed by atoms with Crippen molar-refractivity contribution in [3.63, 3.8) is 0 Å². The number of carbonyl (C=O) groups is 1. The molecule has 7 atom stereocenters. The number of nitrogens with one attached hydrogen (secondary N) is 1. The maximum atomic E-state index is 13.5. The van der Waals surface area contributed by atoms with Gasteiger partial charge in [0.15, 0.2) is 17.7 Å². The van der Waals surface area contributed by atoms with E-state index in [0.717, 1.165) is 44.0 Å². The van der Waals surface area contributed by atoms with Gasteiger partial charge in [-0.1, -0.05) is 51.3 Å². The average molecular weight is 564 g/mol. The van der Waals surface area contributed by atoms with Crippen LogP contribution in [-0.4, -0.2) is 63.4 Å². The predicted octanol–water partition coefficient (Wildman–Crippen LogP) is 5.26. The molecule has 7 heteroatoms. The molecule has 3 N–H and O–H groups in total. The van der Waals surface area contributed by atoms with Gasteiger partial charge >= 0.3 is 0 Å². The molecule has 222 valence electrons. The first kappa shape index (κ1) is 27.8. The lowest BCUT2D eigenvalue weighted by molar-refractivity contribution is -0.280. The maximum Gasteiger partial charge on any atom is 0.195 e. The van der Waals surface area contributed by atoms with Crippen LogP contribution in [0.5, 0.6) is 0 Å². The average Bonchev–Trinajstić information content (AvgIpc) is 3.52. The Morgan fingerprint density at radius 2 is 1.80 bits per heavy atom. The number of benzene rings is 1. The molecule has 3 aliphatic carbocycles. The van der Waals surface area contributed by atoms with Gasteiger partial charge in [0.2, 0.25) is 0 Å². The van der Waals surface area contributed by atoms with Crippen LogP contribution in [0.25, 0.3) is 10.9 Å². The van der Waals surface area contributed by atoms with Gasteiger partial charge in [-0.3, -0.25) is 4.79 Å². The zero-order valence-corrected chi connectivity index (χ0v) is 24.9. The third-order valence-corrected chi connectivity index (χ3v) is 11.9. The lowest BCUT2D eigenvalue weighted by Gasteiger charge is -2.67. The van der Waals surface area contributed by atoms with E-state index in [-0.39, 0.29) is 23.7 Å². The van der Waals surface area contributed by atoms with Crippen molar-refractivity contribution in [3.05, 3.63) is 47.2 Å². The molecule has 3 fully saturated rings. The van der Waals surface area contributed by atoms with Gasteiger partial charge in [0.1, 0.15) is 11.2 Å². The highest BCUT2D eigenvalue weighted by atomic mass is 16.8. The first-order chi connectivity index (χ1) is 19.5. The Labute approximate surface area is 242 Å². The highest BCUT2D eigenvalue weighted by Gasteiger charge is 2.78. The fourth-order valence-electron chi connectivity index (χ4n) is 9.56. The summed E-state index contributed by atoms with van der Waals surface area (Å²) in [6.07, 6.45) is 8.22. The van der Waals surface area contributed by atoms with Crippen LogP contribution >= 0.6 is 0 Å². The van der Waals surface area contributed by atoms with Crippen molar-refractivity contribution in [2.45, 2.75) is 120 Å². The van der Waals surface area contributed by atoms with Crippen LogP contribution in [-0.2, 0) is 30.8 Å². The second kappa shape index (κ2) is 9.23. The van der Waals surface area contributed by atoms with Crippen LogP contribution in [0, 0.1) is 11.3 Å². The SMILES string of the molecule is CC1(C)OC23CC[C@]4(C)[C@@]5(C)c6[nH]c7ccccc7c6C[C@@H]5C[C@H](OCCCCCCCO)[C@@]4(O)C2=CC(=O)[C@@H]1O3. The van der Waals surface area contributed by atoms with E-state index >= 15 is 0 Å². The number of fused-ring (bicyclic) bond motifs is 9. The summed E-state index contributed by atoms with van der Waals surface area (Å²) in [6.45, 7) is 9.15. The van der Waals surface area contributed by atoms with Gasteiger partial charge in [-0.2, -0.15) is 0 Å². The molecule has 0 radical (unpaired) electrons. The lowest BCUT2D eigenvalue weighted by atomic mass is 9.41. The number of unbranched alkanes of at least 4 members (excludes halogenated alkanes) is 4. The number of ketones is 1. The van der Waals surface area contributed by atoms with E-state index in [2.05, 4.69) is 43.1 Å². The van der Waals surface area contributed by atoms with Crippen LogP contribution in [0.3, 0.4) is 0 Å². The van der Waals surface area contributed by atoms with Gasteiger partial charge in [-0.15, -0.1) is 0 Å². The van der Waals surface area contributed by atoms with Crippen molar-refractivity contribution in [1.82, 2.24) is 4.98 Å². The molecule has 2 bridgehead atoms. The van der Waals surface area contributed by atoms with Gasteiger partial charge < -0.3 is 29.4 Å². The Morgan fingerprint density at radius 3 is 2.61 bits per heavy atom. The van der Waals surface area contributed by atoms with E-state index in [4.69, 9.17) is 19.3 Å². The molecular formula is C34H45NO6. The molecular weight excluding hydrogens is 518 g/mol. The molecule has 1 spiro atoms. The number of aromatic nitrogens is 1. The van der Waals surface area contributed by atoms with E-state index in [1.54, 1.807) is 6.08 Å². The smallest absolute Gasteiger partial charge is 0.195 e. The lowest BCUT2D eigenvalue weighted by Crippen LogP contribution is -2.74. The fourth-order valence-corrected chi connectivity index (χ4v) is 9.56. The Balaban J connectivity index is 1.31. The summed E-state index contributed by atoms with van der Waals surface area (Å²) < 4.78 is 19.8. The summed E-state index contributed by atoms with van der Waals surface area (Å²) in [5.74, 6) is -0.965. The molecule has 2 saturated carbocycles. The Morgan fingerprint density at radius 1 is 1.05 bits per heavy atom. The maximum absolute atomic E-state index is 13.5. The van der Waals surface area contributed by atoms with Crippen molar-refractivity contribution in [1.29, 1.82) is 0 Å². The van der Waals surface area contributed by atoms with Crippen molar-refractivity contribution < 1.29 is 29.2 Å². The van der Waals surface area contributed by atoms with Crippen LogP contribution in [0.4, 0.5) is 0 Å². The minimum atomic E-state index is -1.45. The Kier molecular flexibility index (Phi) is 6.26. The molecule has 7 rings (SSSR count). The number of hydrogen-bond donors (Lipinski definition) is 3. The van der Waals surface area contributed by atoms with Gasteiger partial charge in [-0.05, 0) is 69.6 Å². The number of H-pyrrole nitrogens is 1. The first-order valence-corrected chi connectivity index (χ1v) is 15.7. The number of hydrogen-bond acceptors (Lipinski definition) is 6. The molecule has 1 aromatic carbocycles. The summed E-state index contributed by atoms with van der Waals surface area (Å²) >= 11 is 0. The van der Waals surface area contributed by atoms with Gasteiger partial charge in [0.05, 0.1) is 6.10 Å². The predicted molar refractivity (Wildman–Crippen MR) is 156 cm³/mol. The highest BCUT2D eigenvalue weighted by molar-refractivity contribution is 5.97. The molecule has 1 saturated heterocycles. The molecule has 0 amide bonds.